The number of methoxy groups -OCH3 is 4. The van der Waals surface area contributed by atoms with Gasteiger partial charge in [0.1, 0.15) is 79.9 Å². The molecule has 5 aliphatic rings. The van der Waals surface area contributed by atoms with E-state index >= 15 is 4.39 Å². The van der Waals surface area contributed by atoms with Crippen molar-refractivity contribution in [2.24, 2.45) is 0 Å². The summed E-state index contributed by atoms with van der Waals surface area (Å²) in [4.78, 5) is 13.7. The standard InChI is InChI=1S/C81H97FO20Si/c1-77(2,3)103(59-43-29-17-30-44-59,60-45-31-18-32-46-60)93-53-63-66-69(102-81(7,87-11)79(5,85-9)100-66)72(76(96-63)97-70-68-65(99-78(4,84-8)80(6,86-10)101-68)62(94-73(70)82)52-92-74(83)58-41-27-16-28-42-58)98-75-71(91-50-57-39-25-15-26-40-57)67(90-49-56-37-23-14-24-38-56)64(89-48-55-35-21-13-22-36-55)61(95-75)51-88-47-54-33-19-12-20-34-54/h12-46,61-73,75-76H,47-53H2,1-11H3/t61-,62-,63-,64-,65-,66-,67+,68+,69+,70+,71+,72+,73+,75-,76-,78+,79+,80+,81+/m1/s1. The predicted octanol–water partition coefficient (Wildman–Crippen LogP) is 11.3. The van der Waals surface area contributed by atoms with Crippen molar-refractivity contribution in [1.29, 1.82) is 0 Å². The van der Waals surface area contributed by atoms with E-state index in [0.717, 1.165) is 32.6 Å². The van der Waals surface area contributed by atoms with E-state index in [1.807, 2.05) is 158 Å². The first-order valence-electron chi connectivity index (χ1n) is 35.1. The summed E-state index contributed by atoms with van der Waals surface area (Å²) in [7, 11) is 2.41. The van der Waals surface area contributed by atoms with Crippen molar-refractivity contribution in [3.8, 4) is 0 Å². The van der Waals surface area contributed by atoms with Crippen LogP contribution in [0.3, 0.4) is 0 Å². The smallest absolute Gasteiger partial charge is 0.338 e. The summed E-state index contributed by atoms with van der Waals surface area (Å²) in [6, 6.07) is 67.9. The summed E-state index contributed by atoms with van der Waals surface area (Å²) in [5, 5.41) is 1.46. The Morgan fingerprint density at radius 3 is 1.21 bits per heavy atom. The third-order valence-electron chi connectivity index (χ3n) is 20.5. The third-order valence-corrected chi connectivity index (χ3v) is 25.5. The molecule has 0 radical (unpaired) electrons. The summed E-state index contributed by atoms with van der Waals surface area (Å²) in [6.07, 6.45) is -20.5. The van der Waals surface area contributed by atoms with Crippen molar-refractivity contribution in [3.05, 3.63) is 240 Å². The average Bonchev–Trinajstić information content (AvgIpc) is 0.725. The maximum absolute atomic E-state index is 18.4. The Morgan fingerprint density at radius 2 is 0.767 bits per heavy atom. The fourth-order valence-electron chi connectivity index (χ4n) is 14.3. The van der Waals surface area contributed by atoms with Gasteiger partial charge in [-0.05, 0) is 77.5 Å². The van der Waals surface area contributed by atoms with Crippen LogP contribution in [0.15, 0.2) is 212 Å². The Morgan fingerprint density at radius 1 is 0.408 bits per heavy atom. The fraction of sp³-hybridized carbons (Fsp3) is 0.469. The number of hydrogen-bond acceptors (Lipinski definition) is 20. The molecular weight excluding hydrogens is 1340 g/mol. The van der Waals surface area contributed by atoms with Gasteiger partial charge in [0.15, 0.2) is 12.6 Å². The molecule has 0 amide bonds. The monoisotopic (exact) mass is 1440 g/mol. The van der Waals surface area contributed by atoms with Gasteiger partial charge in [0.05, 0.1) is 45.2 Å². The number of halogens is 1. The van der Waals surface area contributed by atoms with Crippen LogP contribution in [0.1, 0.15) is 81.1 Å². The van der Waals surface area contributed by atoms with Gasteiger partial charge in [-0.2, -0.15) is 0 Å². The molecule has 22 heteroatoms. The summed E-state index contributed by atoms with van der Waals surface area (Å²) < 4.78 is 150. The van der Waals surface area contributed by atoms with Crippen LogP contribution in [0.4, 0.5) is 4.39 Å². The SMILES string of the molecule is CO[C@@]1(C)O[C@@H]2[C@H](O[C@H]3O[C@H](COCc4ccccc4)[C@@H](OCc4ccccc4)[C@H](OCc4ccccc4)[C@@H]3OCc3ccccc3)[C@@H](O[C@H]3[C@H]4O[C@](C)(OC)[C@@](C)(OC)O[C@@H]4[C@@H](COC(=O)c4ccccc4)O[C@@H]3F)O[C@H](CO[Si](c3ccccc3)(c3ccccc3)C(C)(C)C)[C@H]2O[C@]1(C)OC. The lowest BCUT2D eigenvalue weighted by molar-refractivity contribution is -0.499. The fourth-order valence-corrected chi connectivity index (χ4v) is 18.9. The molecule has 0 unspecified atom stereocenters. The summed E-state index contributed by atoms with van der Waals surface area (Å²) in [5.74, 6) is -7.47. The topological polar surface area (TPSA) is 192 Å². The molecule has 0 bridgehead atoms. The molecule has 7 aromatic carbocycles. The number of fused-ring (bicyclic) bond motifs is 2. The molecule has 5 heterocycles. The van der Waals surface area contributed by atoms with Gasteiger partial charge in [0, 0.05) is 28.4 Å². The Balaban J connectivity index is 1.00. The number of esters is 1. The van der Waals surface area contributed by atoms with Crippen LogP contribution in [0, 0.1) is 0 Å². The Hall–Kier alpha value is -6.56. The molecule has 0 saturated carbocycles. The van der Waals surface area contributed by atoms with Gasteiger partial charge >= 0.3 is 5.97 Å². The van der Waals surface area contributed by atoms with Crippen LogP contribution in [-0.4, -0.2) is 178 Å². The first-order valence-corrected chi connectivity index (χ1v) is 37.0. The van der Waals surface area contributed by atoms with Gasteiger partial charge in [-0.3, -0.25) is 0 Å². The van der Waals surface area contributed by atoms with Gasteiger partial charge < -0.3 is 89.7 Å². The van der Waals surface area contributed by atoms with E-state index in [4.69, 9.17) is 89.7 Å². The van der Waals surface area contributed by atoms with Crippen LogP contribution in [0.2, 0.25) is 5.04 Å². The van der Waals surface area contributed by atoms with Gasteiger partial charge in [-0.25, -0.2) is 9.18 Å². The predicted molar refractivity (Wildman–Crippen MR) is 379 cm³/mol. The van der Waals surface area contributed by atoms with Crippen molar-refractivity contribution in [2.45, 2.75) is 195 Å². The molecule has 5 saturated heterocycles. The van der Waals surface area contributed by atoms with E-state index in [0.29, 0.717) is 0 Å². The minimum absolute atomic E-state index is 0.0307. The molecule has 5 fully saturated rings. The van der Waals surface area contributed by atoms with Gasteiger partial charge in [0.25, 0.3) is 8.32 Å². The minimum atomic E-state index is -3.42. The number of ether oxygens (including phenoxy) is 18. The van der Waals surface area contributed by atoms with Crippen molar-refractivity contribution >= 4 is 24.7 Å². The van der Waals surface area contributed by atoms with Crippen LogP contribution < -0.4 is 10.4 Å². The molecule has 103 heavy (non-hydrogen) atoms. The number of carbonyl (C=O) groups excluding carboxylic acids is 1. The molecule has 0 aliphatic carbocycles. The lowest BCUT2D eigenvalue weighted by Gasteiger charge is -2.59. The molecule has 19 atom stereocenters. The van der Waals surface area contributed by atoms with Crippen LogP contribution in [0.25, 0.3) is 0 Å². The molecule has 0 N–H and O–H groups in total. The summed E-state index contributed by atoms with van der Waals surface area (Å²) >= 11 is 0. The number of alkyl halides is 1. The molecular formula is C81H97FO20Si. The molecule has 0 spiro atoms. The Labute approximate surface area is 604 Å². The highest BCUT2D eigenvalue weighted by Crippen LogP contribution is 2.50. The van der Waals surface area contributed by atoms with E-state index in [2.05, 4.69) is 45.0 Å². The van der Waals surface area contributed by atoms with Crippen molar-refractivity contribution < 1.29 is 98.9 Å². The van der Waals surface area contributed by atoms with Crippen LogP contribution >= 0.6 is 0 Å². The first-order chi connectivity index (χ1) is 49.7. The maximum atomic E-state index is 18.4. The highest BCUT2D eigenvalue weighted by Gasteiger charge is 2.68. The van der Waals surface area contributed by atoms with Gasteiger partial charge in [-0.15, -0.1) is 0 Å². The third kappa shape index (κ3) is 16.5. The zero-order chi connectivity index (χ0) is 72.4. The van der Waals surface area contributed by atoms with Crippen molar-refractivity contribution in [2.75, 3.05) is 48.3 Å². The van der Waals surface area contributed by atoms with Crippen molar-refractivity contribution in [1.82, 2.24) is 0 Å². The zero-order valence-electron chi connectivity index (χ0n) is 60.4. The van der Waals surface area contributed by atoms with E-state index in [-0.39, 0.29) is 45.2 Å². The van der Waals surface area contributed by atoms with Crippen LogP contribution in [0.5, 0.6) is 0 Å². The summed E-state index contributed by atoms with van der Waals surface area (Å²) in [5.41, 5.74) is 3.80. The number of carbonyl (C=O) groups is 1. The average molecular weight is 1440 g/mol. The molecule has 5 aliphatic heterocycles. The molecule has 552 valence electrons. The second kappa shape index (κ2) is 33.5. The van der Waals surface area contributed by atoms with E-state index in [1.54, 1.807) is 58.0 Å². The van der Waals surface area contributed by atoms with Crippen molar-refractivity contribution in [3.63, 3.8) is 0 Å². The second-order valence-corrected chi connectivity index (χ2v) is 32.3. The van der Waals surface area contributed by atoms with Gasteiger partial charge in [0.2, 0.25) is 29.5 Å². The first kappa shape index (κ1) is 76.1. The highest BCUT2D eigenvalue weighted by molar-refractivity contribution is 6.99. The van der Waals surface area contributed by atoms with E-state index < -0.39 is 141 Å². The highest BCUT2D eigenvalue weighted by atomic mass is 28.4. The quantitative estimate of drug-likeness (QED) is 0.0317. The Bertz CT molecular complexity index is 3710. The summed E-state index contributed by atoms with van der Waals surface area (Å²) in [6.45, 7) is 13.0. The normalized spacial score (nSPS) is 32.4. The number of rotatable bonds is 29. The maximum Gasteiger partial charge on any atom is 0.338 e. The molecule has 0 aromatic heterocycles. The lowest BCUT2D eigenvalue weighted by Crippen LogP contribution is -2.76. The van der Waals surface area contributed by atoms with Gasteiger partial charge in [-0.1, -0.05) is 221 Å². The molecule has 12 rings (SSSR count). The largest absolute Gasteiger partial charge is 0.459 e. The van der Waals surface area contributed by atoms with E-state index in [1.165, 1.54) is 28.4 Å². The zero-order valence-corrected chi connectivity index (χ0v) is 61.4. The lowest BCUT2D eigenvalue weighted by atomic mass is 9.92. The van der Waals surface area contributed by atoms with E-state index in [9.17, 15) is 4.79 Å². The van der Waals surface area contributed by atoms with Crippen LogP contribution in [-0.2, 0) is 116 Å². The molecule has 20 nitrogen and oxygen atoms in total. The molecule has 7 aromatic rings. The minimum Gasteiger partial charge on any atom is -0.459 e. The second-order valence-electron chi connectivity index (χ2n) is 28.0. The number of hydrogen-bond donors (Lipinski definition) is 0. The number of benzene rings is 7. The Kier molecular flexibility index (Phi) is 24.7.